The lowest BCUT2D eigenvalue weighted by Gasteiger charge is -2.24. The normalized spacial score (nSPS) is 24.1. The highest BCUT2D eigenvalue weighted by Crippen LogP contribution is 2.46. The molecule has 1 atom stereocenters. The average molecular weight is 293 g/mol. The lowest BCUT2D eigenvalue weighted by molar-refractivity contribution is -0.130. The molecule has 5 heteroatoms. The second-order valence-corrected chi connectivity index (χ2v) is 6.97. The Bertz CT molecular complexity index is 467. The first-order valence-electron chi connectivity index (χ1n) is 7.38. The maximum atomic E-state index is 12.6. The van der Waals surface area contributed by atoms with Crippen molar-refractivity contribution < 1.29 is 4.79 Å². The highest BCUT2D eigenvalue weighted by molar-refractivity contribution is 7.07. The molecule has 2 aliphatic rings. The molecule has 1 aromatic rings. The van der Waals surface area contributed by atoms with E-state index in [0.717, 1.165) is 38.8 Å². The first-order chi connectivity index (χ1) is 9.62. The fraction of sp³-hybridized carbons (Fsp3) is 0.667. The number of carbonyl (C=O) groups is 1. The van der Waals surface area contributed by atoms with Gasteiger partial charge in [-0.25, -0.2) is 0 Å². The van der Waals surface area contributed by atoms with Crippen molar-refractivity contribution in [2.24, 2.45) is 0 Å². The van der Waals surface area contributed by atoms with Crippen molar-refractivity contribution in [2.45, 2.75) is 37.4 Å². The molecule has 1 aromatic heterocycles. The summed E-state index contributed by atoms with van der Waals surface area (Å²) in [7, 11) is 4.19. The van der Waals surface area contributed by atoms with Gasteiger partial charge in [0.1, 0.15) is 11.7 Å². The van der Waals surface area contributed by atoms with Crippen molar-refractivity contribution in [3.8, 4) is 0 Å². The van der Waals surface area contributed by atoms with Crippen LogP contribution < -0.4 is 5.32 Å². The quantitative estimate of drug-likeness (QED) is 0.816. The van der Waals surface area contributed by atoms with E-state index in [1.54, 1.807) is 11.3 Å². The summed E-state index contributed by atoms with van der Waals surface area (Å²) in [5.41, 5.74) is 1.02. The van der Waals surface area contributed by atoms with Crippen LogP contribution in [-0.4, -0.2) is 48.4 Å². The third-order valence-corrected chi connectivity index (χ3v) is 4.96. The molecule has 1 unspecified atom stereocenters. The van der Waals surface area contributed by atoms with Crippen molar-refractivity contribution in [2.75, 3.05) is 27.2 Å². The summed E-state index contributed by atoms with van der Waals surface area (Å²) in [6.45, 7) is 1.95. The van der Waals surface area contributed by atoms with Crippen LogP contribution in [0.3, 0.4) is 0 Å². The maximum absolute atomic E-state index is 12.6. The topological polar surface area (TPSA) is 35.6 Å². The maximum Gasteiger partial charge on any atom is 0.244 e. The fourth-order valence-corrected chi connectivity index (χ4v) is 3.59. The summed E-state index contributed by atoms with van der Waals surface area (Å²) in [5, 5.41) is 7.80. The largest absolute Gasteiger partial charge is 0.321 e. The molecule has 1 spiro atoms. The van der Waals surface area contributed by atoms with Crippen LogP contribution in [0.25, 0.3) is 0 Å². The third-order valence-electron chi connectivity index (χ3n) is 4.26. The zero-order valence-corrected chi connectivity index (χ0v) is 13.1. The van der Waals surface area contributed by atoms with Gasteiger partial charge < -0.3 is 9.80 Å². The number of rotatable bonds is 6. The van der Waals surface area contributed by atoms with E-state index < -0.39 is 0 Å². The van der Waals surface area contributed by atoms with Crippen LogP contribution in [0.5, 0.6) is 0 Å². The standard InChI is InChI=1S/C15H23N3OS/c1-17(2)8-3-4-9-18-13(12-5-10-20-11-12)16-15(6-7-15)14(18)19/h5,10-11,13,16H,3-4,6-9H2,1-2H3. The highest BCUT2D eigenvalue weighted by atomic mass is 32.1. The minimum Gasteiger partial charge on any atom is -0.321 e. The van der Waals surface area contributed by atoms with E-state index >= 15 is 0 Å². The molecule has 0 radical (unpaired) electrons. The predicted molar refractivity (Wildman–Crippen MR) is 81.7 cm³/mol. The van der Waals surface area contributed by atoms with Gasteiger partial charge in [-0.2, -0.15) is 11.3 Å². The molecular weight excluding hydrogens is 270 g/mol. The molecule has 110 valence electrons. The fourth-order valence-electron chi connectivity index (χ4n) is 2.91. The molecule has 2 heterocycles. The Hall–Kier alpha value is -0.910. The molecule has 4 nitrogen and oxygen atoms in total. The molecular formula is C15H23N3OS. The van der Waals surface area contributed by atoms with Crippen molar-refractivity contribution in [3.05, 3.63) is 22.4 Å². The number of nitrogens with zero attached hydrogens (tertiary/aromatic N) is 2. The van der Waals surface area contributed by atoms with Crippen LogP contribution in [0.2, 0.25) is 0 Å². The van der Waals surface area contributed by atoms with E-state index in [2.05, 4.69) is 46.0 Å². The molecule has 20 heavy (non-hydrogen) atoms. The average Bonchev–Trinajstić information content (AvgIpc) is 2.89. The summed E-state index contributed by atoms with van der Waals surface area (Å²) >= 11 is 1.70. The Morgan fingerprint density at radius 2 is 2.25 bits per heavy atom. The third kappa shape index (κ3) is 2.62. The van der Waals surface area contributed by atoms with E-state index in [1.807, 2.05) is 0 Å². The van der Waals surface area contributed by atoms with Gasteiger partial charge in [0.25, 0.3) is 0 Å². The Labute approximate surface area is 124 Å². The Balaban J connectivity index is 1.64. The summed E-state index contributed by atoms with van der Waals surface area (Å²) in [6.07, 6.45) is 4.31. The molecule has 1 aliphatic heterocycles. The molecule has 1 amide bonds. The predicted octanol–water partition coefficient (Wildman–Crippen LogP) is 2.05. The van der Waals surface area contributed by atoms with E-state index in [1.165, 1.54) is 5.56 Å². The molecule has 2 fully saturated rings. The van der Waals surface area contributed by atoms with Gasteiger partial charge in [0.05, 0.1) is 0 Å². The molecule has 0 aromatic carbocycles. The lowest BCUT2D eigenvalue weighted by atomic mass is 10.2. The van der Waals surface area contributed by atoms with Crippen LogP contribution in [0.15, 0.2) is 16.8 Å². The van der Waals surface area contributed by atoms with Crippen LogP contribution in [0.1, 0.15) is 37.4 Å². The van der Waals surface area contributed by atoms with Gasteiger partial charge >= 0.3 is 0 Å². The minimum atomic E-state index is -0.214. The van der Waals surface area contributed by atoms with Crippen LogP contribution in [0, 0.1) is 0 Å². The number of thiophene rings is 1. The molecule has 0 bridgehead atoms. The Kier molecular flexibility index (Phi) is 3.84. The molecule has 1 aliphatic carbocycles. The Morgan fingerprint density at radius 1 is 1.45 bits per heavy atom. The molecule has 3 rings (SSSR count). The van der Waals surface area contributed by atoms with Gasteiger partial charge in [-0.15, -0.1) is 0 Å². The monoisotopic (exact) mass is 293 g/mol. The van der Waals surface area contributed by atoms with Gasteiger partial charge in [-0.1, -0.05) is 0 Å². The number of hydrogen-bond acceptors (Lipinski definition) is 4. The van der Waals surface area contributed by atoms with E-state index in [9.17, 15) is 4.79 Å². The molecule has 1 saturated heterocycles. The summed E-state index contributed by atoms with van der Waals surface area (Å²) in [4.78, 5) is 16.8. The summed E-state index contributed by atoms with van der Waals surface area (Å²) in [5.74, 6) is 0.318. The summed E-state index contributed by atoms with van der Waals surface area (Å²) in [6, 6.07) is 2.13. The smallest absolute Gasteiger partial charge is 0.244 e. The molecule has 1 N–H and O–H groups in total. The second-order valence-electron chi connectivity index (χ2n) is 6.19. The van der Waals surface area contributed by atoms with Gasteiger partial charge in [0.15, 0.2) is 0 Å². The van der Waals surface area contributed by atoms with E-state index in [-0.39, 0.29) is 11.7 Å². The SMILES string of the molecule is CN(C)CCCCN1C(=O)C2(CC2)NC1c1ccsc1. The lowest BCUT2D eigenvalue weighted by Crippen LogP contribution is -2.33. The van der Waals surface area contributed by atoms with Crippen LogP contribution >= 0.6 is 11.3 Å². The minimum absolute atomic E-state index is 0.0932. The van der Waals surface area contributed by atoms with Crippen molar-refractivity contribution in [1.82, 2.24) is 15.1 Å². The number of carbonyl (C=O) groups excluding carboxylic acids is 1. The van der Waals surface area contributed by atoms with Gasteiger partial charge in [0, 0.05) is 6.54 Å². The number of unbranched alkanes of at least 4 members (excludes halogenated alkanes) is 1. The summed E-state index contributed by atoms with van der Waals surface area (Å²) < 4.78 is 0. The molecule has 1 saturated carbocycles. The van der Waals surface area contributed by atoms with Crippen LogP contribution in [0.4, 0.5) is 0 Å². The Morgan fingerprint density at radius 3 is 2.85 bits per heavy atom. The zero-order valence-electron chi connectivity index (χ0n) is 12.3. The first-order valence-corrected chi connectivity index (χ1v) is 8.32. The van der Waals surface area contributed by atoms with Gasteiger partial charge in [-0.3, -0.25) is 10.1 Å². The van der Waals surface area contributed by atoms with Crippen molar-refractivity contribution in [3.63, 3.8) is 0 Å². The highest BCUT2D eigenvalue weighted by Gasteiger charge is 2.59. The number of amides is 1. The zero-order chi connectivity index (χ0) is 14.2. The van der Waals surface area contributed by atoms with Crippen LogP contribution in [-0.2, 0) is 4.79 Å². The number of hydrogen-bond donors (Lipinski definition) is 1. The first kappa shape index (κ1) is 14.0. The van der Waals surface area contributed by atoms with E-state index in [0.29, 0.717) is 5.91 Å². The second kappa shape index (κ2) is 5.47. The van der Waals surface area contributed by atoms with Gasteiger partial charge in [-0.05, 0) is 68.7 Å². The van der Waals surface area contributed by atoms with Gasteiger partial charge in [0.2, 0.25) is 5.91 Å². The van der Waals surface area contributed by atoms with Crippen molar-refractivity contribution in [1.29, 1.82) is 0 Å². The van der Waals surface area contributed by atoms with E-state index in [4.69, 9.17) is 0 Å². The number of nitrogens with one attached hydrogen (secondary N) is 1. The van der Waals surface area contributed by atoms with Crippen molar-refractivity contribution >= 4 is 17.2 Å².